The Bertz CT molecular complexity index is 737. The summed E-state index contributed by atoms with van der Waals surface area (Å²) in [7, 11) is 3.22. The number of amides is 1. The summed E-state index contributed by atoms with van der Waals surface area (Å²) in [4.78, 5) is 12.2. The molecule has 2 rings (SSSR count). The lowest BCUT2D eigenvalue weighted by atomic mass is 10.1. The van der Waals surface area contributed by atoms with Crippen LogP contribution < -0.4 is 14.8 Å². The fourth-order valence-electron chi connectivity index (χ4n) is 2.46. The Balaban J connectivity index is 2.10. The van der Waals surface area contributed by atoms with Gasteiger partial charge in [0, 0.05) is 11.6 Å². The van der Waals surface area contributed by atoms with Gasteiger partial charge >= 0.3 is 0 Å². The fourth-order valence-corrected chi connectivity index (χ4v) is 2.46. The van der Waals surface area contributed by atoms with E-state index in [0.717, 1.165) is 22.4 Å². The molecule has 1 atom stereocenters. The fraction of sp³-hybridized carbons (Fsp3) is 0.250. The first-order valence-electron chi connectivity index (χ1n) is 7.81. The highest BCUT2D eigenvalue weighted by Crippen LogP contribution is 2.29. The third-order valence-electron chi connectivity index (χ3n) is 3.86. The van der Waals surface area contributed by atoms with Gasteiger partial charge < -0.3 is 14.8 Å². The molecule has 24 heavy (non-hydrogen) atoms. The zero-order chi connectivity index (χ0) is 17.5. The summed E-state index contributed by atoms with van der Waals surface area (Å²) >= 11 is 0. The van der Waals surface area contributed by atoms with Gasteiger partial charge in [-0.3, -0.25) is 4.79 Å². The molecule has 0 spiro atoms. The number of carbonyl (C=O) groups excluding carboxylic acids is 1. The number of nitrogens with one attached hydrogen (secondary N) is 1. The van der Waals surface area contributed by atoms with Crippen molar-refractivity contribution in [2.24, 2.45) is 0 Å². The highest BCUT2D eigenvalue weighted by molar-refractivity contribution is 5.92. The number of benzene rings is 2. The second-order valence-corrected chi connectivity index (χ2v) is 5.53. The molecule has 0 heterocycles. The molecular weight excluding hydrogens is 302 g/mol. The number of hydrogen-bond acceptors (Lipinski definition) is 3. The molecule has 0 aliphatic carbocycles. The second kappa shape index (κ2) is 8.20. The van der Waals surface area contributed by atoms with Crippen LogP contribution in [0.4, 0.5) is 0 Å². The Morgan fingerprint density at radius 3 is 2.54 bits per heavy atom. The van der Waals surface area contributed by atoms with E-state index >= 15 is 0 Å². The minimum Gasteiger partial charge on any atom is -0.497 e. The van der Waals surface area contributed by atoms with Gasteiger partial charge in [0.15, 0.2) is 0 Å². The molecule has 4 heteroatoms. The van der Waals surface area contributed by atoms with Gasteiger partial charge in [-0.2, -0.15) is 0 Å². The predicted octanol–water partition coefficient (Wildman–Crippen LogP) is 3.90. The van der Waals surface area contributed by atoms with Crippen LogP contribution in [0.25, 0.3) is 6.08 Å². The van der Waals surface area contributed by atoms with Crippen LogP contribution in [0.15, 0.2) is 48.5 Å². The van der Waals surface area contributed by atoms with Crippen molar-refractivity contribution < 1.29 is 14.3 Å². The molecule has 0 unspecified atom stereocenters. The van der Waals surface area contributed by atoms with Crippen LogP contribution in [0.2, 0.25) is 0 Å². The van der Waals surface area contributed by atoms with Crippen LogP contribution in [0.1, 0.15) is 29.7 Å². The van der Waals surface area contributed by atoms with Gasteiger partial charge in [-0.1, -0.05) is 24.3 Å². The number of rotatable bonds is 6. The summed E-state index contributed by atoms with van der Waals surface area (Å²) in [6.07, 6.45) is 3.37. The molecule has 1 N–H and O–H groups in total. The van der Waals surface area contributed by atoms with Gasteiger partial charge in [-0.25, -0.2) is 0 Å². The molecular formula is C20H23NO3. The Labute approximate surface area is 143 Å². The van der Waals surface area contributed by atoms with Crippen LogP contribution in [-0.4, -0.2) is 20.1 Å². The first-order valence-corrected chi connectivity index (χ1v) is 7.81. The third-order valence-corrected chi connectivity index (χ3v) is 3.86. The molecule has 0 bridgehead atoms. The normalized spacial score (nSPS) is 12.0. The van der Waals surface area contributed by atoms with E-state index < -0.39 is 0 Å². The summed E-state index contributed by atoms with van der Waals surface area (Å²) in [6.45, 7) is 3.93. The van der Waals surface area contributed by atoms with E-state index in [2.05, 4.69) is 5.32 Å². The van der Waals surface area contributed by atoms with Crippen LogP contribution in [-0.2, 0) is 4.79 Å². The van der Waals surface area contributed by atoms with Crippen molar-refractivity contribution in [3.8, 4) is 11.5 Å². The van der Waals surface area contributed by atoms with E-state index in [1.807, 2.05) is 62.4 Å². The topological polar surface area (TPSA) is 47.6 Å². The van der Waals surface area contributed by atoms with E-state index in [-0.39, 0.29) is 11.9 Å². The third kappa shape index (κ3) is 4.38. The second-order valence-electron chi connectivity index (χ2n) is 5.53. The number of aryl methyl sites for hydroxylation is 1. The molecule has 1 amide bonds. The average molecular weight is 325 g/mol. The van der Waals surface area contributed by atoms with E-state index in [0.29, 0.717) is 5.75 Å². The van der Waals surface area contributed by atoms with Crippen molar-refractivity contribution in [2.75, 3.05) is 14.2 Å². The van der Waals surface area contributed by atoms with Gasteiger partial charge in [0.2, 0.25) is 5.91 Å². The van der Waals surface area contributed by atoms with Gasteiger partial charge in [-0.05, 0) is 49.2 Å². The van der Waals surface area contributed by atoms with E-state index in [1.165, 1.54) is 0 Å². The summed E-state index contributed by atoms with van der Waals surface area (Å²) in [5.74, 6) is 1.28. The SMILES string of the molecule is COc1ccc(OC)c([C@@H](C)NC(=O)/C=C/c2ccccc2C)c1. The molecule has 2 aromatic carbocycles. The van der Waals surface area contributed by atoms with Crippen molar-refractivity contribution in [1.82, 2.24) is 5.32 Å². The van der Waals surface area contributed by atoms with Gasteiger partial charge in [0.25, 0.3) is 0 Å². The molecule has 126 valence electrons. The maximum Gasteiger partial charge on any atom is 0.244 e. The first kappa shape index (κ1) is 17.6. The number of methoxy groups -OCH3 is 2. The van der Waals surface area contributed by atoms with Crippen molar-refractivity contribution in [3.05, 3.63) is 65.2 Å². The number of ether oxygens (including phenoxy) is 2. The molecule has 0 fully saturated rings. The minimum atomic E-state index is -0.205. The molecule has 0 saturated heterocycles. The maximum atomic E-state index is 12.2. The highest BCUT2D eigenvalue weighted by atomic mass is 16.5. The van der Waals surface area contributed by atoms with Crippen LogP contribution in [0.3, 0.4) is 0 Å². The zero-order valence-corrected chi connectivity index (χ0v) is 14.5. The lowest BCUT2D eigenvalue weighted by Crippen LogP contribution is -2.25. The van der Waals surface area contributed by atoms with Gasteiger partial charge in [0.1, 0.15) is 11.5 Å². The largest absolute Gasteiger partial charge is 0.497 e. The van der Waals surface area contributed by atoms with Crippen molar-refractivity contribution in [3.63, 3.8) is 0 Å². The molecule has 4 nitrogen and oxygen atoms in total. The minimum absolute atomic E-state index is 0.157. The lowest BCUT2D eigenvalue weighted by Gasteiger charge is -2.17. The predicted molar refractivity (Wildman–Crippen MR) is 96.3 cm³/mol. The van der Waals surface area contributed by atoms with Gasteiger partial charge in [0.05, 0.1) is 20.3 Å². The number of carbonyl (C=O) groups is 1. The Morgan fingerprint density at radius 1 is 1.12 bits per heavy atom. The molecule has 2 aromatic rings. The lowest BCUT2D eigenvalue weighted by molar-refractivity contribution is -0.117. The van der Waals surface area contributed by atoms with E-state index in [1.54, 1.807) is 20.3 Å². The molecule has 0 aliphatic rings. The monoisotopic (exact) mass is 325 g/mol. The molecule has 0 aliphatic heterocycles. The quantitative estimate of drug-likeness (QED) is 0.819. The summed E-state index contributed by atoms with van der Waals surface area (Å²) in [5, 5.41) is 2.95. The number of hydrogen-bond donors (Lipinski definition) is 1. The standard InChI is InChI=1S/C20H23NO3/c1-14-7-5-6-8-16(14)9-12-20(22)21-15(2)18-13-17(23-3)10-11-19(18)24-4/h5-13,15H,1-4H3,(H,21,22)/b12-9+/t15-/m1/s1. The summed E-state index contributed by atoms with van der Waals surface area (Å²) in [6, 6.07) is 13.3. The van der Waals surface area contributed by atoms with Crippen molar-refractivity contribution >= 4 is 12.0 Å². The molecule has 0 radical (unpaired) electrons. The van der Waals surface area contributed by atoms with E-state index in [4.69, 9.17) is 9.47 Å². The molecule has 0 saturated carbocycles. The zero-order valence-electron chi connectivity index (χ0n) is 14.5. The Kier molecular flexibility index (Phi) is 6.01. The van der Waals surface area contributed by atoms with Crippen molar-refractivity contribution in [2.45, 2.75) is 19.9 Å². The summed E-state index contributed by atoms with van der Waals surface area (Å²) in [5.41, 5.74) is 3.03. The van der Waals surface area contributed by atoms with Crippen LogP contribution in [0, 0.1) is 6.92 Å². The van der Waals surface area contributed by atoms with Crippen LogP contribution in [0.5, 0.6) is 11.5 Å². The highest BCUT2D eigenvalue weighted by Gasteiger charge is 2.14. The summed E-state index contributed by atoms with van der Waals surface area (Å²) < 4.78 is 10.6. The Hall–Kier alpha value is -2.75. The molecule has 0 aromatic heterocycles. The smallest absolute Gasteiger partial charge is 0.244 e. The Morgan fingerprint density at radius 2 is 1.88 bits per heavy atom. The average Bonchev–Trinajstić information content (AvgIpc) is 2.60. The van der Waals surface area contributed by atoms with E-state index in [9.17, 15) is 4.79 Å². The van der Waals surface area contributed by atoms with Crippen molar-refractivity contribution in [1.29, 1.82) is 0 Å². The van der Waals surface area contributed by atoms with Crippen LogP contribution >= 0.6 is 0 Å². The first-order chi connectivity index (χ1) is 11.5. The maximum absolute atomic E-state index is 12.2. The van der Waals surface area contributed by atoms with Gasteiger partial charge in [-0.15, -0.1) is 0 Å².